The molecule has 2 rings (SSSR count). The van der Waals surface area contributed by atoms with Gasteiger partial charge in [-0.1, -0.05) is 32.5 Å². The number of nitrogens with zero attached hydrogens (tertiary/aromatic N) is 2. The van der Waals surface area contributed by atoms with Crippen molar-refractivity contribution in [3.05, 3.63) is 6.07 Å². The van der Waals surface area contributed by atoms with E-state index in [-0.39, 0.29) is 6.10 Å². The summed E-state index contributed by atoms with van der Waals surface area (Å²) in [5.41, 5.74) is 6.11. The van der Waals surface area contributed by atoms with Crippen LogP contribution in [-0.2, 0) is 0 Å². The number of nitrogen functional groups attached to an aromatic ring is 1. The zero-order valence-electron chi connectivity index (χ0n) is 12.1. The van der Waals surface area contributed by atoms with Crippen LogP contribution in [-0.4, -0.2) is 22.3 Å². The molecule has 0 amide bonds. The molecule has 0 spiro atoms. The largest absolute Gasteiger partial charge is 0.474 e. The Kier molecular flexibility index (Phi) is 4.23. The second-order valence-corrected chi connectivity index (χ2v) is 7.04. The maximum atomic E-state index is 6.04. The van der Waals surface area contributed by atoms with Crippen LogP contribution in [0.5, 0.6) is 5.88 Å². The van der Waals surface area contributed by atoms with Crippen molar-refractivity contribution in [1.29, 1.82) is 0 Å². The van der Waals surface area contributed by atoms with E-state index in [9.17, 15) is 0 Å². The van der Waals surface area contributed by atoms with E-state index in [2.05, 4.69) is 30.7 Å². The van der Waals surface area contributed by atoms with E-state index in [1.54, 1.807) is 6.07 Å². The third-order valence-electron chi connectivity index (χ3n) is 3.52. The first kappa shape index (κ1) is 14.4. The summed E-state index contributed by atoms with van der Waals surface area (Å²) in [6.45, 7) is 6.90. The highest BCUT2D eigenvalue weighted by Gasteiger charge is 2.33. The van der Waals surface area contributed by atoms with Gasteiger partial charge in [-0.3, -0.25) is 0 Å². The zero-order valence-corrected chi connectivity index (χ0v) is 13.0. The zero-order chi connectivity index (χ0) is 14.0. The fourth-order valence-electron chi connectivity index (χ4n) is 3.09. The van der Waals surface area contributed by atoms with Gasteiger partial charge in [-0.15, -0.1) is 0 Å². The number of anilines is 1. The van der Waals surface area contributed by atoms with Crippen LogP contribution < -0.4 is 10.5 Å². The van der Waals surface area contributed by atoms with Crippen molar-refractivity contribution in [2.24, 2.45) is 11.3 Å². The van der Waals surface area contributed by atoms with Crippen molar-refractivity contribution in [3.63, 3.8) is 0 Å². The van der Waals surface area contributed by atoms with Crippen molar-refractivity contribution < 1.29 is 4.74 Å². The Morgan fingerprint density at radius 1 is 1.37 bits per heavy atom. The molecule has 1 aliphatic carbocycles. The van der Waals surface area contributed by atoms with Crippen LogP contribution >= 0.6 is 11.8 Å². The molecule has 1 fully saturated rings. The highest BCUT2D eigenvalue weighted by molar-refractivity contribution is 7.98. The Bertz CT molecular complexity index is 450. The summed E-state index contributed by atoms with van der Waals surface area (Å²) >= 11 is 1.48. The minimum absolute atomic E-state index is 0.225. The SMILES string of the molecule is CSc1nc(N)cc(OC2CC(C)CC(C)(C)C2)n1. The van der Waals surface area contributed by atoms with Gasteiger partial charge in [0.25, 0.3) is 0 Å². The Morgan fingerprint density at radius 3 is 2.74 bits per heavy atom. The van der Waals surface area contributed by atoms with Gasteiger partial charge in [0.1, 0.15) is 11.9 Å². The number of ether oxygens (including phenoxy) is 1. The normalized spacial score (nSPS) is 26.1. The topological polar surface area (TPSA) is 61.0 Å². The molecule has 1 heterocycles. The van der Waals surface area contributed by atoms with E-state index >= 15 is 0 Å². The summed E-state index contributed by atoms with van der Waals surface area (Å²) < 4.78 is 6.04. The third kappa shape index (κ3) is 4.00. The first-order chi connectivity index (χ1) is 8.88. The Hall–Kier alpha value is -0.970. The molecular formula is C14H23N3OS. The van der Waals surface area contributed by atoms with Gasteiger partial charge in [-0.2, -0.15) is 4.98 Å². The molecule has 5 heteroatoms. The summed E-state index contributed by atoms with van der Waals surface area (Å²) in [5, 5.41) is 0.665. The number of hydrogen-bond acceptors (Lipinski definition) is 5. The molecule has 19 heavy (non-hydrogen) atoms. The predicted molar refractivity (Wildman–Crippen MR) is 79.4 cm³/mol. The maximum Gasteiger partial charge on any atom is 0.219 e. The maximum absolute atomic E-state index is 6.04. The van der Waals surface area contributed by atoms with Gasteiger partial charge in [0.15, 0.2) is 5.16 Å². The summed E-state index contributed by atoms with van der Waals surface area (Å²) in [5.74, 6) is 1.76. The molecule has 2 atom stereocenters. The van der Waals surface area contributed by atoms with E-state index in [0.29, 0.717) is 28.2 Å². The molecule has 1 aromatic heterocycles. The van der Waals surface area contributed by atoms with E-state index in [1.165, 1.54) is 18.2 Å². The average Bonchev–Trinajstić information content (AvgIpc) is 2.24. The van der Waals surface area contributed by atoms with Gasteiger partial charge in [0.05, 0.1) is 0 Å². The molecule has 1 aromatic rings. The van der Waals surface area contributed by atoms with Gasteiger partial charge in [-0.25, -0.2) is 4.98 Å². The molecule has 0 saturated heterocycles. The highest BCUT2D eigenvalue weighted by Crippen LogP contribution is 2.39. The second kappa shape index (κ2) is 5.57. The fourth-order valence-corrected chi connectivity index (χ4v) is 3.47. The fraction of sp³-hybridized carbons (Fsp3) is 0.714. The number of nitrogens with two attached hydrogens (primary N) is 1. The Morgan fingerprint density at radius 2 is 2.11 bits per heavy atom. The minimum atomic E-state index is 0.225. The summed E-state index contributed by atoms with van der Waals surface area (Å²) in [6.07, 6.45) is 5.57. The van der Waals surface area contributed by atoms with Gasteiger partial charge in [0, 0.05) is 6.07 Å². The summed E-state index contributed by atoms with van der Waals surface area (Å²) in [7, 11) is 0. The summed E-state index contributed by atoms with van der Waals surface area (Å²) in [4.78, 5) is 8.51. The standard InChI is InChI=1S/C14H23N3OS/c1-9-5-10(8-14(2,3)7-9)18-12-6-11(15)16-13(17-12)19-4/h6,9-10H,5,7-8H2,1-4H3,(H2,15,16,17). The first-order valence-corrected chi connectivity index (χ1v) is 7.95. The van der Waals surface area contributed by atoms with E-state index in [0.717, 1.165) is 12.8 Å². The summed E-state index contributed by atoms with van der Waals surface area (Å²) in [6, 6.07) is 1.71. The molecule has 0 aromatic carbocycles. The quantitative estimate of drug-likeness (QED) is 0.680. The van der Waals surface area contributed by atoms with Crippen molar-refractivity contribution >= 4 is 17.6 Å². The average molecular weight is 281 g/mol. The molecule has 106 valence electrons. The third-order valence-corrected chi connectivity index (χ3v) is 4.07. The number of aromatic nitrogens is 2. The second-order valence-electron chi connectivity index (χ2n) is 6.27. The van der Waals surface area contributed by atoms with Crippen LogP contribution in [0, 0.1) is 11.3 Å². The molecule has 0 aliphatic heterocycles. The van der Waals surface area contributed by atoms with Crippen LogP contribution in [0.15, 0.2) is 11.2 Å². The van der Waals surface area contributed by atoms with Crippen LogP contribution in [0.2, 0.25) is 0 Å². The molecule has 1 aliphatic rings. The molecule has 2 N–H and O–H groups in total. The van der Waals surface area contributed by atoms with Crippen molar-refractivity contribution in [1.82, 2.24) is 9.97 Å². The van der Waals surface area contributed by atoms with Gasteiger partial charge in [-0.05, 0) is 36.9 Å². The lowest BCUT2D eigenvalue weighted by atomic mass is 9.71. The smallest absolute Gasteiger partial charge is 0.219 e. The first-order valence-electron chi connectivity index (χ1n) is 6.73. The van der Waals surface area contributed by atoms with Crippen LogP contribution in [0.3, 0.4) is 0 Å². The lowest BCUT2D eigenvalue weighted by molar-refractivity contribution is 0.0528. The molecule has 0 bridgehead atoms. The van der Waals surface area contributed by atoms with E-state index in [4.69, 9.17) is 10.5 Å². The van der Waals surface area contributed by atoms with E-state index in [1.807, 2.05) is 6.26 Å². The van der Waals surface area contributed by atoms with Crippen LogP contribution in [0.25, 0.3) is 0 Å². The van der Waals surface area contributed by atoms with E-state index < -0.39 is 0 Å². The van der Waals surface area contributed by atoms with Crippen LogP contribution in [0.1, 0.15) is 40.0 Å². The van der Waals surface area contributed by atoms with Crippen LogP contribution in [0.4, 0.5) is 5.82 Å². The molecule has 0 radical (unpaired) electrons. The number of thioether (sulfide) groups is 1. The Labute approximate surface area is 119 Å². The predicted octanol–water partition coefficient (Wildman–Crippen LogP) is 3.37. The number of hydrogen-bond donors (Lipinski definition) is 1. The van der Waals surface area contributed by atoms with Crippen molar-refractivity contribution in [2.45, 2.75) is 51.3 Å². The van der Waals surface area contributed by atoms with Gasteiger partial charge >= 0.3 is 0 Å². The van der Waals surface area contributed by atoms with Crippen molar-refractivity contribution in [2.75, 3.05) is 12.0 Å². The molecule has 4 nitrogen and oxygen atoms in total. The van der Waals surface area contributed by atoms with Gasteiger partial charge < -0.3 is 10.5 Å². The van der Waals surface area contributed by atoms with Crippen molar-refractivity contribution in [3.8, 4) is 5.88 Å². The minimum Gasteiger partial charge on any atom is -0.474 e. The molecule has 2 unspecified atom stereocenters. The number of rotatable bonds is 3. The van der Waals surface area contributed by atoms with Gasteiger partial charge in [0.2, 0.25) is 5.88 Å². The highest BCUT2D eigenvalue weighted by atomic mass is 32.2. The monoisotopic (exact) mass is 281 g/mol. The lowest BCUT2D eigenvalue weighted by Crippen LogP contribution is -2.34. The molecular weight excluding hydrogens is 258 g/mol. The Balaban J connectivity index is 2.10. The molecule has 1 saturated carbocycles. The lowest BCUT2D eigenvalue weighted by Gasteiger charge is -2.38.